The van der Waals surface area contributed by atoms with E-state index in [4.69, 9.17) is 10.5 Å². The van der Waals surface area contributed by atoms with E-state index in [0.717, 1.165) is 0 Å². The first kappa shape index (κ1) is 12.0. The van der Waals surface area contributed by atoms with Gasteiger partial charge in [0, 0.05) is 12.2 Å². The van der Waals surface area contributed by atoms with Crippen LogP contribution in [0.15, 0.2) is 24.3 Å². The number of hydrogen-bond donors (Lipinski definition) is 1. The molecule has 1 unspecified atom stereocenters. The SMILES string of the molecule is Nc1cccc(N2C(=O)CC3COCCN3C2=O)c1. The number of morpholine rings is 1. The zero-order valence-electron chi connectivity index (χ0n) is 10.4. The minimum atomic E-state index is -0.282. The van der Waals surface area contributed by atoms with Gasteiger partial charge < -0.3 is 15.4 Å². The molecule has 3 amide bonds. The van der Waals surface area contributed by atoms with Crippen LogP contribution in [0.3, 0.4) is 0 Å². The van der Waals surface area contributed by atoms with Crippen molar-refractivity contribution in [3.63, 3.8) is 0 Å². The maximum Gasteiger partial charge on any atom is 0.331 e. The third-order valence-corrected chi connectivity index (χ3v) is 3.45. The van der Waals surface area contributed by atoms with Crippen molar-refractivity contribution >= 4 is 23.3 Å². The van der Waals surface area contributed by atoms with Gasteiger partial charge in [0.15, 0.2) is 0 Å². The van der Waals surface area contributed by atoms with Gasteiger partial charge in [-0.05, 0) is 18.2 Å². The van der Waals surface area contributed by atoms with Gasteiger partial charge in [0.25, 0.3) is 0 Å². The average Bonchev–Trinajstić information content (AvgIpc) is 2.39. The van der Waals surface area contributed by atoms with E-state index in [1.807, 2.05) is 0 Å². The van der Waals surface area contributed by atoms with Crippen molar-refractivity contribution in [2.75, 3.05) is 30.4 Å². The molecule has 2 fully saturated rings. The fraction of sp³-hybridized carbons (Fsp3) is 0.385. The number of nitrogen functional groups attached to an aromatic ring is 1. The van der Waals surface area contributed by atoms with Gasteiger partial charge in [-0.15, -0.1) is 0 Å². The molecule has 0 bridgehead atoms. The second-order valence-electron chi connectivity index (χ2n) is 4.73. The van der Waals surface area contributed by atoms with Crippen LogP contribution in [-0.4, -0.2) is 42.6 Å². The molecule has 6 nitrogen and oxygen atoms in total. The third kappa shape index (κ3) is 2.04. The van der Waals surface area contributed by atoms with Crippen LogP contribution in [0.4, 0.5) is 16.2 Å². The van der Waals surface area contributed by atoms with Crippen LogP contribution in [0.2, 0.25) is 0 Å². The van der Waals surface area contributed by atoms with Crippen LogP contribution in [0, 0.1) is 0 Å². The number of nitrogens with zero attached hydrogens (tertiary/aromatic N) is 2. The van der Waals surface area contributed by atoms with Crippen molar-refractivity contribution in [1.29, 1.82) is 0 Å². The fourth-order valence-electron chi connectivity index (χ4n) is 2.52. The minimum absolute atomic E-state index is 0.133. The number of anilines is 2. The third-order valence-electron chi connectivity index (χ3n) is 3.45. The van der Waals surface area contributed by atoms with Crippen molar-refractivity contribution in [2.45, 2.75) is 12.5 Å². The molecule has 0 saturated carbocycles. The van der Waals surface area contributed by atoms with Gasteiger partial charge >= 0.3 is 6.03 Å². The van der Waals surface area contributed by atoms with Crippen LogP contribution in [-0.2, 0) is 9.53 Å². The van der Waals surface area contributed by atoms with Crippen molar-refractivity contribution in [1.82, 2.24) is 4.90 Å². The molecular weight excluding hydrogens is 246 g/mol. The zero-order chi connectivity index (χ0) is 13.4. The van der Waals surface area contributed by atoms with E-state index in [-0.39, 0.29) is 18.0 Å². The summed E-state index contributed by atoms with van der Waals surface area (Å²) in [6.45, 7) is 1.47. The van der Waals surface area contributed by atoms with E-state index in [2.05, 4.69) is 0 Å². The van der Waals surface area contributed by atoms with Gasteiger partial charge in [0.2, 0.25) is 5.91 Å². The molecule has 6 heteroatoms. The van der Waals surface area contributed by atoms with Crippen LogP contribution < -0.4 is 10.6 Å². The molecular formula is C13H15N3O3. The number of imide groups is 1. The molecule has 0 aromatic heterocycles. The summed E-state index contributed by atoms with van der Waals surface area (Å²) in [6.07, 6.45) is 0.292. The Hall–Kier alpha value is -2.08. The highest BCUT2D eigenvalue weighted by molar-refractivity contribution is 6.16. The van der Waals surface area contributed by atoms with E-state index in [0.29, 0.717) is 37.6 Å². The molecule has 3 rings (SSSR count). The largest absolute Gasteiger partial charge is 0.399 e. The Bertz CT molecular complexity index is 532. The number of nitrogens with two attached hydrogens (primary N) is 1. The van der Waals surface area contributed by atoms with Crippen molar-refractivity contribution in [3.05, 3.63) is 24.3 Å². The Morgan fingerprint density at radius 3 is 2.95 bits per heavy atom. The molecule has 0 aliphatic carbocycles. The normalized spacial score (nSPS) is 23.5. The molecule has 19 heavy (non-hydrogen) atoms. The lowest BCUT2D eigenvalue weighted by Crippen LogP contribution is -2.61. The fourth-order valence-corrected chi connectivity index (χ4v) is 2.52. The first-order chi connectivity index (χ1) is 9.16. The summed E-state index contributed by atoms with van der Waals surface area (Å²) in [4.78, 5) is 27.5. The summed E-state index contributed by atoms with van der Waals surface area (Å²) in [5, 5.41) is 0. The monoisotopic (exact) mass is 261 g/mol. The second kappa shape index (κ2) is 4.55. The average molecular weight is 261 g/mol. The van der Waals surface area contributed by atoms with Crippen molar-refractivity contribution in [3.8, 4) is 0 Å². The highest BCUT2D eigenvalue weighted by Gasteiger charge is 2.40. The van der Waals surface area contributed by atoms with Crippen LogP contribution >= 0.6 is 0 Å². The minimum Gasteiger partial charge on any atom is -0.399 e. The van der Waals surface area contributed by atoms with Crippen molar-refractivity contribution in [2.24, 2.45) is 0 Å². The van der Waals surface area contributed by atoms with Crippen molar-refractivity contribution < 1.29 is 14.3 Å². The molecule has 2 N–H and O–H groups in total. The van der Waals surface area contributed by atoms with Crippen LogP contribution in [0.25, 0.3) is 0 Å². The predicted molar refractivity (Wildman–Crippen MR) is 69.7 cm³/mol. The molecule has 100 valence electrons. The molecule has 2 heterocycles. The molecule has 2 saturated heterocycles. The highest BCUT2D eigenvalue weighted by atomic mass is 16.5. The lowest BCUT2D eigenvalue weighted by molar-refractivity contribution is -0.122. The van der Waals surface area contributed by atoms with Crippen LogP contribution in [0.5, 0.6) is 0 Å². The molecule has 1 aromatic carbocycles. The molecule has 0 radical (unpaired) electrons. The number of ether oxygens (including phenoxy) is 1. The summed E-state index contributed by atoms with van der Waals surface area (Å²) in [7, 11) is 0. The smallest absolute Gasteiger partial charge is 0.331 e. The maximum absolute atomic E-state index is 12.4. The Morgan fingerprint density at radius 1 is 1.32 bits per heavy atom. The van der Waals surface area contributed by atoms with Gasteiger partial charge in [-0.3, -0.25) is 4.79 Å². The summed E-state index contributed by atoms with van der Waals surface area (Å²) in [6, 6.07) is 6.39. The highest BCUT2D eigenvalue weighted by Crippen LogP contribution is 2.26. The van der Waals surface area contributed by atoms with E-state index in [1.54, 1.807) is 29.2 Å². The van der Waals surface area contributed by atoms with Crippen LogP contribution in [0.1, 0.15) is 6.42 Å². The topological polar surface area (TPSA) is 75.9 Å². The summed E-state index contributed by atoms with van der Waals surface area (Å²) in [5.41, 5.74) is 6.76. The van der Waals surface area contributed by atoms with E-state index < -0.39 is 0 Å². The molecule has 0 spiro atoms. The number of benzene rings is 1. The maximum atomic E-state index is 12.4. The van der Waals surface area contributed by atoms with Gasteiger partial charge in [-0.1, -0.05) is 6.07 Å². The number of amides is 3. The summed E-state index contributed by atoms with van der Waals surface area (Å²) < 4.78 is 5.31. The second-order valence-corrected chi connectivity index (χ2v) is 4.73. The molecule has 1 atom stereocenters. The Kier molecular flexibility index (Phi) is 2.87. The Labute approximate surface area is 110 Å². The van der Waals surface area contributed by atoms with Gasteiger partial charge in [-0.2, -0.15) is 0 Å². The number of fused-ring (bicyclic) bond motifs is 1. The number of urea groups is 1. The Balaban J connectivity index is 1.93. The molecule has 2 aliphatic rings. The summed E-state index contributed by atoms with van der Waals surface area (Å²) in [5.74, 6) is -0.206. The summed E-state index contributed by atoms with van der Waals surface area (Å²) >= 11 is 0. The molecule has 1 aromatic rings. The quantitative estimate of drug-likeness (QED) is 0.760. The van der Waals surface area contributed by atoms with E-state index in [1.165, 1.54) is 4.90 Å². The number of rotatable bonds is 1. The number of carbonyl (C=O) groups is 2. The van der Waals surface area contributed by atoms with Gasteiger partial charge in [0.1, 0.15) is 0 Å². The molecule has 2 aliphatic heterocycles. The first-order valence-electron chi connectivity index (χ1n) is 6.23. The lowest BCUT2D eigenvalue weighted by atomic mass is 10.1. The predicted octanol–water partition coefficient (Wildman–Crippen LogP) is 0.826. The zero-order valence-corrected chi connectivity index (χ0v) is 10.4. The van der Waals surface area contributed by atoms with E-state index >= 15 is 0 Å². The number of hydrogen-bond acceptors (Lipinski definition) is 4. The standard InChI is InChI=1S/C13H15N3O3/c14-9-2-1-3-10(6-9)16-12(17)7-11-8-19-5-4-15(11)13(16)18/h1-3,6,11H,4-5,7-8,14H2. The number of carbonyl (C=O) groups excluding carboxylic acids is 2. The van der Waals surface area contributed by atoms with Gasteiger partial charge in [0.05, 0.1) is 31.4 Å². The first-order valence-corrected chi connectivity index (χ1v) is 6.23. The van der Waals surface area contributed by atoms with E-state index in [9.17, 15) is 9.59 Å². The van der Waals surface area contributed by atoms with Gasteiger partial charge in [-0.25, -0.2) is 9.69 Å². The Morgan fingerprint density at radius 2 is 2.16 bits per heavy atom. The lowest BCUT2D eigenvalue weighted by Gasteiger charge is -2.42.